The molecule has 6 nitrogen and oxygen atoms in total. The molecule has 0 unspecified atom stereocenters. The van der Waals surface area contributed by atoms with E-state index in [-0.39, 0.29) is 11.6 Å². The van der Waals surface area contributed by atoms with Gasteiger partial charge in [0.05, 0.1) is 56.0 Å². The zero-order valence-corrected chi connectivity index (χ0v) is 34.6. The Morgan fingerprint density at radius 1 is 0.306 bits per heavy atom. The highest BCUT2D eigenvalue weighted by Gasteiger charge is 2.22. The molecular formula is C56H38N4O2. The van der Waals surface area contributed by atoms with Gasteiger partial charge in [0, 0.05) is 11.1 Å². The van der Waals surface area contributed by atoms with Gasteiger partial charge in [0.2, 0.25) is 0 Å². The minimum absolute atomic E-state index is 0.179. The molecule has 11 rings (SSSR count). The molecule has 6 heteroatoms. The van der Waals surface area contributed by atoms with E-state index >= 15 is 9.59 Å². The lowest BCUT2D eigenvalue weighted by molar-refractivity contribution is 0.103. The van der Waals surface area contributed by atoms with E-state index in [2.05, 4.69) is 84.9 Å². The van der Waals surface area contributed by atoms with Gasteiger partial charge in [0.25, 0.3) is 0 Å². The van der Waals surface area contributed by atoms with Gasteiger partial charge < -0.3 is 0 Å². The molecule has 0 saturated carbocycles. The number of nitrogens with zero attached hydrogens (tertiary/aromatic N) is 4. The molecule has 0 N–H and O–H groups in total. The number of ketones is 2. The monoisotopic (exact) mass is 798 g/mol. The molecule has 0 spiro atoms. The maximum absolute atomic E-state index is 15.2. The van der Waals surface area contributed by atoms with Gasteiger partial charge in [-0.1, -0.05) is 121 Å². The first-order valence-corrected chi connectivity index (χ1v) is 20.8. The minimum atomic E-state index is -0.179. The van der Waals surface area contributed by atoms with Crippen molar-refractivity contribution in [2.24, 2.45) is 0 Å². The van der Waals surface area contributed by atoms with Gasteiger partial charge in [0.15, 0.2) is 11.6 Å². The van der Waals surface area contributed by atoms with Crippen LogP contribution >= 0.6 is 0 Å². The molecule has 294 valence electrons. The van der Waals surface area contributed by atoms with Crippen LogP contribution in [-0.4, -0.2) is 31.5 Å². The zero-order chi connectivity index (χ0) is 42.2. The number of fused-ring (bicyclic) bond motifs is 2. The van der Waals surface area contributed by atoms with Crippen molar-refractivity contribution in [2.75, 3.05) is 0 Å². The number of aromatic nitrogens is 4. The van der Waals surface area contributed by atoms with Crippen molar-refractivity contribution in [1.29, 1.82) is 0 Å². The molecular weight excluding hydrogens is 761 g/mol. The molecule has 11 aromatic rings. The molecule has 10 aromatic carbocycles. The largest absolute Gasteiger partial charge is 0.288 e. The van der Waals surface area contributed by atoms with Crippen molar-refractivity contribution in [3.05, 3.63) is 203 Å². The standard InChI is InChI=1S/C56H38N4O2/c1-31-49(55(61)43-29-25-39-21-19-35-11-9-13-37-23-27-41(43)53(39)51(35)37)32(2)58-47-17-7-8-18-48(47)60-34(4)50(33(3)59-46-16-6-5-15-45(46)57-31)56(62)44-30-26-40-22-20-36-12-10-14-38-24-28-42(44)54(40)52(36)38/h5-30H,1-4H3. The Labute approximate surface area is 356 Å². The quantitative estimate of drug-likeness (QED) is 0.130. The van der Waals surface area contributed by atoms with E-state index in [9.17, 15) is 0 Å². The second kappa shape index (κ2) is 14.4. The van der Waals surface area contributed by atoms with Gasteiger partial charge in [-0.3, -0.25) is 29.5 Å². The lowest BCUT2D eigenvalue weighted by Crippen LogP contribution is -2.09. The number of benzene rings is 10. The first-order chi connectivity index (χ1) is 30.2. The number of carbonyl (C=O) groups is 2. The summed E-state index contributed by atoms with van der Waals surface area (Å²) in [7, 11) is 0. The van der Waals surface area contributed by atoms with Crippen LogP contribution in [0.15, 0.2) is 158 Å². The number of hydrogen-bond donors (Lipinski definition) is 0. The smallest absolute Gasteiger partial charge is 0.197 e. The van der Waals surface area contributed by atoms with Crippen LogP contribution in [0, 0.1) is 27.7 Å². The second-order valence-corrected chi connectivity index (χ2v) is 16.1. The van der Waals surface area contributed by atoms with Crippen molar-refractivity contribution < 1.29 is 9.59 Å². The molecule has 0 saturated heterocycles. The van der Waals surface area contributed by atoms with Gasteiger partial charge in [-0.05, 0) is 129 Å². The zero-order valence-electron chi connectivity index (χ0n) is 34.6. The molecule has 0 radical (unpaired) electrons. The van der Waals surface area contributed by atoms with Crippen LogP contribution in [-0.2, 0) is 0 Å². The number of carbonyl (C=O) groups excluding carboxylic acids is 2. The van der Waals surface area contributed by atoms with Gasteiger partial charge in [-0.2, -0.15) is 0 Å². The highest BCUT2D eigenvalue weighted by molar-refractivity contribution is 6.30. The summed E-state index contributed by atoms with van der Waals surface area (Å²) in [6, 6.07) is 52.4. The Hall–Kier alpha value is -7.96. The van der Waals surface area contributed by atoms with E-state index in [1.807, 2.05) is 100 Å². The average molecular weight is 799 g/mol. The van der Waals surface area contributed by atoms with E-state index in [0.717, 1.165) is 64.6 Å². The van der Waals surface area contributed by atoms with Gasteiger partial charge in [-0.25, -0.2) is 0 Å². The van der Waals surface area contributed by atoms with Crippen molar-refractivity contribution >= 4 is 98.3 Å². The van der Waals surface area contributed by atoms with E-state index in [0.29, 0.717) is 67.1 Å². The van der Waals surface area contributed by atoms with E-state index in [1.165, 1.54) is 0 Å². The average Bonchev–Trinajstić information content (AvgIpc) is 3.28. The van der Waals surface area contributed by atoms with E-state index in [4.69, 9.17) is 19.9 Å². The summed E-state index contributed by atoms with van der Waals surface area (Å²) in [6.45, 7) is 7.41. The molecule has 0 aliphatic heterocycles. The minimum Gasteiger partial charge on any atom is -0.288 e. The van der Waals surface area contributed by atoms with Crippen LogP contribution in [0.1, 0.15) is 54.6 Å². The SMILES string of the molecule is Cc1nc2ccccc2nc(C)c(C(=O)c2ccc3ccc4cccc5ccc2c3c45)c(C)nc2ccccc2nc(C)c1C(=O)c1ccc2ccc3cccc4ccc1c2c34. The fraction of sp³-hybridized carbons (Fsp3) is 0.0714. The Morgan fingerprint density at radius 3 is 0.903 bits per heavy atom. The van der Waals surface area contributed by atoms with Crippen LogP contribution in [0.3, 0.4) is 0 Å². The summed E-state index contributed by atoms with van der Waals surface area (Å²) < 4.78 is 0. The third kappa shape index (κ3) is 5.86. The maximum atomic E-state index is 15.2. The van der Waals surface area contributed by atoms with Crippen molar-refractivity contribution in [3.63, 3.8) is 0 Å². The maximum Gasteiger partial charge on any atom is 0.197 e. The third-order valence-corrected chi connectivity index (χ3v) is 12.4. The van der Waals surface area contributed by atoms with E-state index in [1.54, 1.807) is 0 Å². The van der Waals surface area contributed by atoms with E-state index < -0.39 is 0 Å². The summed E-state index contributed by atoms with van der Waals surface area (Å²) in [5.41, 5.74) is 6.11. The number of hydrogen-bond acceptors (Lipinski definition) is 6. The van der Waals surface area contributed by atoms with Crippen LogP contribution in [0.2, 0.25) is 0 Å². The highest BCUT2D eigenvalue weighted by atomic mass is 16.1. The topological polar surface area (TPSA) is 85.7 Å². The van der Waals surface area contributed by atoms with Crippen molar-refractivity contribution in [1.82, 2.24) is 19.9 Å². The third-order valence-electron chi connectivity index (χ3n) is 12.4. The second-order valence-electron chi connectivity index (χ2n) is 16.1. The molecule has 62 heavy (non-hydrogen) atoms. The predicted molar refractivity (Wildman–Crippen MR) is 254 cm³/mol. The molecule has 0 aliphatic carbocycles. The Morgan fingerprint density at radius 2 is 0.581 bits per heavy atom. The van der Waals surface area contributed by atoms with Gasteiger partial charge in [-0.15, -0.1) is 0 Å². The predicted octanol–water partition coefficient (Wildman–Crippen LogP) is 13.3. The Bertz CT molecular complexity index is 3480. The summed E-state index contributed by atoms with van der Waals surface area (Å²) in [6.07, 6.45) is 0. The molecule has 1 heterocycles. The molecule has 0 atom stereocenters. The van der Waals surface area contributed by atoms with Crippen LogP contribution in [0.5, 0.6) is 0 Å². The van der Waals surface area contributed by atoms with Crippen molar-refractivity contribution in [2.45, 2.75) is 27.7 Å². The molecule has 0 fully saturated rings. The first-order valence-electron chi connectivity index (χ1n) is 20.8. The number of rotatable bonds is 4. The summed E-state index contributed by atoms with van der Waals surface area (Å²) in [4.78, 5) is 51.0. The van der Waals surface area contributed by atoms with Crippen LogP contribution in [0.25, 0.3) is 86.7 Å². The molecule has 0 aliphatic rings. The molecule has 0 amide bonds. The highest BCUT2D eigenvalue weighted by Crippen LogP contribution is 2.38. The fourth-order valence-corrected chi connectivity index (χ4v) is 9.57. The number of para-hydroxylation sites is 4. The lowest BCUT2D eigenvalue weighted by atomic mass is 9.89. The van der Waals surface area contributed by atoms with Crippen LogP contribution < -0.4 is 0 Å². The van der Waals surface area contributed by atoms with Gasteiger partial charge in [0.1, 0.15) is 0 Å². The summed E-state index contributed by atoms with van der Waals surface area (Å²) >= 11 is 0. The summed E-state index contributed by atoms with van der Waals surface area (Å²) in [5, 5.41) is 12.8. The Kier molecular flexibility index (Phi) is 8.58. The number of aryl methyl sites for hydroxylation is 4. The lowest BCUT2D eigenvalue weighted by Gasteiger charge is -2.14. The van der Waals surface area contributed by atoms with Gasteiger partial charge >= 0.3 is 0 Å². The van der Waals surface area contributed by atoms with Crippen LogP contribution in [0.4, 0.5) is 0 Å². The molecule has 1 aromatic heterocycles. The summed E-state index contributed by atoms with van der Waals surface area (Å²) in [5.74, 6) is -0.359. The fourth-order valence-electron chi connectivity index (χ4n) is 9.57. The Balaban J connectivity index is 1.18. The molecule has 0 bridgehead atoms. The van der Waals surface area contributed by atoms with Crippen molar-refractivity contribution in [3.8, 4) is 0 Å². The first kappa shape index (κ1) is 37.1. The normalized spacial score (nSPS) is 11.7.